The van der Waals surface area contributed by atoms with Gasteiger partial charge in [-0.25, -0.2) is 0 Å². The Bertz CT molecular complexity index is 528. The molecule has 25 heavy (non-hydrogen) atoms. The third kappa shape index (κ3) is 9.75. The number of rotatable bonds is 14. The quantitative estimate of drug-likeness (QED) is 0.240. The lowest BCUT2D eigenvalue weighted by atomic mass is 10.2. The summed E-state index contributed by atoms with van der Waals surface area (Å²) in [6.07, 6.45) is 11.5. The molecule has 5 nitrogen and oxygen atoms in total. The van der Waals surface area contributed by atoms with Crippen molar-refractivity contribution in [2.45, 2.75) is 65.2 Å². The van der Waals surface area contributed by atoms with Gasteiger partial charge in [0.2, 0.25) is 6.20 Å². The van der Waals surface area contributed by atoms with E-state index in [4.69, 9.17) is 9.47 Å². The molecule has 0 radical (unpaired) electrons. The molecule has 0 N–H and O–H groups in total. The maximum Gasteiger partial charge on any atom is 0.235 e. The molecule has 1 aromatic rings. The van der Waals surface area contributed by atoms with E-state index in [-0.39, 0.29) is 0 Å². The zero-order valence-electron chi connectivity index (χ0n) is 15.5. The van der Waals surface area contributed by atoms with Crippen LogP contribution in [0.3, 0.4) is 0 Å². The predicted molar refractivity (Wildman–Crippen MR) is 102 cm³/mol. The third-order valence-electron chi connectivity index (χ3n) is 3.87. The van der Waals surface area contributed by atoms with Crippen molar-refractivity contribution in [1.29, 1.82) is 0 Å². The molecule has 0 saturated carbocycles. The highest BCUT2D eigenvalue weighted by Crippen LogP contribution is 2.29. The normalized spacial score (nSPS) is 11.0. The van der Waals surface area contributed by atoms with Gasteiger partial charge in [0.1, 0.15) is 0 Å². The summed E-state index contributed by atoms with van der Waals surface area (Å²) in [7, 11) is 0. The van der Waals surface area contributed by atoms with E-state index in [2.05, 4.69) is 13.8 Å². The van der Waals surface area contributed by atoms with Crippen molar-refractivity contribution in [2.75, 3.05) is 13.2 Å². The third-order valence-corrected chi connectivity index (χ3v) is 3.87. The zero-order chi connectivity index (χ0) is 18.3. The lowest BCUT2D eigenvalue weighted by Gasteiger charge is -2.13. The van der Waals surface area contributed by atoms with Gasteiger partial charge in [-0.3, -0.25) is 10.1 Å². The molecule has 0 aliphatic carbocycles. The second-order valence-corrected chi connectivity index (χ2v) is 6.13. The summed E-state index contributed by atoms with van der Waals surface area (Å²) >= 11 is 0. The van der Waals surface area contributed by atoms with Crippen molar-refractivity contribution < 1.29 is 14.4 Å². The van der Waals surface area contributed by atoms with Crippen molar-refractivity contribution in [3.8, 4) is 11.5 Å². The molecule has 0 heterocycles. The number of unbranched alkanes of at least 4 members (excludes halogenated alkanes) is 6. The van der Waals surface area contributed by atoms with Crippen LogP contribution in [0.2, 0.25) is 0 Å². The summed E-state index contributed by atoms with van der Waals surface area (Å²) in [6, 6.07) is 5.45. The minimum atomic E-state index is -0.469. The van der Waals surface area contributed by atoms with Crippen molar-refractivity contribution in [1.82, 2.24) is 0 Å². The van der Waals surface area contributed by atoms with Gasteiger partial charge in [0.25, 0.3) is 0 Å². The van der Waals surface area contributed by atoms with Gasteiger partial charge in [0.05, 0.1) is 18.1 Å². The van der Waals surface area contributed by atoms with Gasteiger partial charge in [-0.15, -0.1) is 0 Å². The van der Waals surface area contributed by atoms with E-state index < -0.39 is 4.92 Å². The largest absolute Gasteiger partial charge is 0.490 e. The summed E-state index contributed by atoms with van der Waals surface area (Å²) < 4.78 is 11.7. The highest BCUT2D eigenvalue weighted by molar-refractivity contribution is 5.55. The Morgan fingerprint density at radius 1 is 0.920 bits per heavy atom. The van der Waals surface area contributed by atoms with Crippen LogP contribution >= 0.6 is 0 Å². The van der Waals surface area contributed by atoms with Gasteiger partial charge in [0.15, 0.2) is 11.5 Å². The van der Waals surface area contributed by atoms with Crippen LogP contribution < -0.4 is 9.47 Å². The van der Waals surface area contributed by atoms with Crippen molar-refractivity contribution >= 4 is 6.08 Å². The Kier molecular flexibility index (Phi) is 11.2. The van der Waals surface area contributed by atoms with E-state index in [1.165, 1.54) is 31.8 Å². The summed E-state index contributed by atoms with van der Waals surface area (Å²) in [6.45, 7) is 5.66. The number of hydrogen-bond donors (Lipinski definition) is 0. The number of nitrogens with zero attached hydrogens (tertiary/aromatic N) is 1. The molecule has 0 saturated heterocycles. The van der Waals surface area contributed by atoms with E-state index in [9.17, 15) is 10.1 Å². The number of nitro groups is 1. The molecule has 140 valence electrons. The summed E-state index contributed by atoms with van der Waals surface area (Å²) in [5.74, 6) is 1.38. The van der Waals surface area contributed by atoms with E-state index in [0.29, 0.717) is 24.7 Å². The van der Waals surface area contributed by atoms with E-state index in [1.807, 2.05) is 12.1 Å². The van der Waals surface area contributed by atoms with Crippen LogP contribution in [0.25, 0.3) is 6.08 Å². The Hall–Kier alpha value is -2.04. The van der Waals surface area contributed by atoms with E-state index in [1.54, 1.807) is 6.07 Å². The summed E-state index contributed by atoms with van der Waals surface area (Å²) in [5.41, 5.74) is 0.735. The van der Waals surface area contributed by atoms with E-state index in [0.717, 1.165) is 37.4 Å². The first-order chi connectivity index (χ1) is 12.2. The van der Waals surface area contributed by atoms with Crippen LogP contribution in [0.15, 0.2) is 24.4 Å². The molecule has 0 bridgehead atoms. The minimum absolute atomic E-state index is 0.469. The average Bonchev–Trinajstić information content (AvgIpc) is 2.60. The Morgan fingerprint density at radius 3 is 2.08 bits per heavy atom. The van der Waals surface area contributed by atoms with Crippen molar-refractivity contribution in [2.24, 2.45) is 0 Å². The lowest BCUT2D eigenvalue weighted by molar-refractivity contribution is -0.400. The van der Waals surface area contributed by atoms with Gasteiger partial charge >= 0.3 is 0 Å². The molecule has 0 aliphatic rings. The molecular weight excluding hydrogens is 318 g/mol. The SMILES string of the molecule is CCCCCCOc1ccc(/C=C/[N+](=O)[O-])cc1OCCCCCC. The van der Waals surface area contributed by atoms with Crippen LogP contribution in [0.1, 0.15) is 70.8 Å². The first-order valence-corrected chi connectivity index (χ1v) is 9.38. The fourth-order valence-electron chi connectivity index (χ4n) is 2.43. The first-order valence-electron chi connectivity index (χ1n) is 9.38. The second-order valence-electron chi connectivity index (χ2n) is 6.13. The Labute approximate surface area is 151 Å². The van der Waals surface area contributed by atoms with Gasteiger partial charge in [0, 0.05) is 6.08 Å². The molecule has 0 aliphatic heterocycles. The molecule has 0 spiro atoms. The predicted octanol–water partition coefficient (Wildman–Crippen LogP) is 5.85. The monoisotopic (exact) mass is 349 g/mol. The van der Waals surface area contributed by atoms with Gasteiger partial charge in [-0.05, 0) is 30.5 Å². The van der Waals surface area contributed by atoms with Gasteiger partial charge < -0.3 is 9.47 Å². The standard InChI is InChI=1S/C20H31NO4/c1-3-5-7-9-15-24-19-12-11-18(13-14-21(22)23)17-20(19)25-16-10-8-6-4-2/h11-14,17H,3-10,15-16H2,1-2H3/b14-13+. The topological polar surface area (TPSA) is 61.6 Å². The maximum absolute atomic E-state index is 10.5. The molecule has 1 rings (SSSR count). The molecule has 5 heteroatoms. The van der Waals surface area contributed by atoms with Crippen molar-refractivity contribution in [3.05, 3.63) is 40.1 Å². The van der Waals surface area contributed by atoms with Crippen molar-refractivity contribution in [3.63, 3.8) is 0 Å². The van der Waals surface area contributed by atoms with Gasteiger partial charge in [-0.1, -0.05) is 58.4 Å². The van der Waals surface area contributed by atoms with Crippen LogP contribution in [0.5, 0.6) is 11.5 Å². The van der Waals surface area contributed by atoms with Gasteiger partial charge in [-0.2, -0.15) is 0 Å². The highest BCUT2D eigenvalue weighted by Gasteiger charge is 2.07. The number of ether oxygens (including phenoxy) is 2. The van der Waals surface area contributed by atoms with E-state index >= 15 is 0 Å². The van der Waals surface area contributed by atoms with Crippen LogP contribution in [-0.4, -0.2) is 18.1 Å². The zero-order valence-corrected chi connectivity index (χ0v) is 15.5. The highest BCUT2D eigenvalue weighted by atomic mass is 16.6. The Balaban J connectivity index is 2.66. The maximum atomic E-state index is 10.5. The molecule has 0 aromatic heterocycles. The first kappa shape index (κ1) is 21.0. The van der Waals surface area contributed by atoms with Crippen LogP contribution in [0, 0.1) is 10.1 Å². The fourth-order valence-corrected chi connectivity index (χ4v) is 2.43. The minimum Gasteiger partial charge on any atom is -0.490 e. The fraction of sp³-hybridized carbons (Fsp3) is 0.600. The summed E-state index contributed by atoms with van der Waals surface area (Å²) in [5, 5.41) is 10.5. The molecule has 0 fully saturated rings. The molecule has 0 atom stereocenters. The molecule has 0 amide bonds. The number of hydrogen-bond acceptors (Lipinski definition) is 4. The summed E-state index contributed by atoms with van der Waals surface area (Å²) in [4.78, 5) is 10.0. The van der Waals surface area contributed by atoms with Crippen LogP contribution in [0.4, 0.5) is 0 Å². The average molecular weight is 349 g/mol. The molecular formula is C20H31NO4. The number of benzene rings is 1. The smallest absolute Gasteiger partial charge is 0.235 e. The molecule has 0 unspecified atom stereocenters. The van der Waals surface area contributed by atoms with Crippen LogP contribution in [-0.2, 0) is 0 Å². The molecule has 1 aromatic carbocycles. The Morgan fingerprint density at radius 2 is 1.52 bits per heavy atom. The lowest BCUT2D eigenvalue weighted by Crippen LogP contribution is -2.03. The second kappa shape index (κ2) is 13.3.